The van der Waals surface area contributed by atoms with Crippen molar-refractivity contribution in [2.24, 2.45) is 0 Å². The molecular weight excluding hydrogens is 347 g/mol. The van der Waals surface area contributed by atoms with E-state index in [1.54, 1.807) is 0 Å². The first kappa shape index (κ1) is 17.2. The van der Waals surface area contributed by atoms with Gasteiger partial charge in [0.2, 0.25) is 5.91 Å². The Hall–Kier alpha value is -2.16. The third-order valence-electron chi connectivity index (χ3n) is 2.69. The Morgan fingerprint density at radius 2 is 1.87 bits per heavy atom. The molecule has 122 valence electrons. The number of sulfonamides is 1. The fourth-order valence-electron chi connectivity index (χ4n) is 1.76. The van der Waals surface area contributed by atoms with Crippen molar-refractivity contribution < 1.29 is 22.7 Å². The summed E-state index contributed by atoms with van der Waals surface area (Å²) >= 11 is 5.65. The number of hydrogen-bond donors (Lipinski definition) is 3. The fraction of sp³-hybridized carbons (Fsp3) is 0.0714. The largest absolute Gasteiger partial charge is 0.387 e. The molecule has 0 bridgehead atoms. The molecule has 0 aliphatic carbocycles. The molecule has 0 fully saturated rings. The molecule has 3 N–H and O–H groups in total. The van der Waals surface area contributed by atoms with Crippen LogP contribution in [-0.2, 0) is 14.8 Å². The van der Waals surface area contributed by atoms with Crippen molar-refractivity contribution in [1.82, 2.24) is 0 Å². The first-order valence-electron chi connectivity index (χ1n) is 6.30. The maximum atomic E-state index is 13.3. The van der Waals surface area contributed by atoms with Crippen LogP contribution in [0.2, 0.25) is 5.02 Å². The van der Waals surface area contributed by atoms with Crippen LogP contribution in [0.5, 0.6) is 0 Å². The number of amides is 1. The van der Waals surface area contributed by atoms with Crippen LogP contribution in [0.3, 0.4) is 0 Å². The van der Waals surface area contributed by atoms with E-state index in [4.69, 9.17) is 16.7 Å². The van der Waals surface area contributed by atoms with E-state index < -0.39 is 28.4 Å². The summed E-state index contributed by atoms with van der Waals surface area (Å²) in [6, 6.07) is 8.77. The fourth-order valence-corrected chi connectivity index (χ4v) is 3.15. The van der Waals surface area contributed by atoms with Crippen LogP contribution in [-0.4, -0.2) is 26.0 Å². The van der Waals surface area contributed by atoms with Crippen molar-refractivity contribution in [3.8, 4) is 0 Å². The van der Waals surface area contributed by atoms with E-state index in [0.29, 0.717) is 5.69 Å². The highest BCUT2D eigenvalue weighted by molar-refractivity contribution is 7.92. The lowest BCUT2D eigenvalue weighted by Crippen LogP contribution is -2.16. The third kappa shape index (κ3) is 4.65. The standard InChI is InChI=1S/C14H12ClFN2O4S/c15-9-4-10(16)6-13(5-9)23(21,22)18-12-3-1-2-11(7-12)17-14(20)8-19/h1-7,18-19H,8H2,(H,17,20). The van der Waals surface area contributed by atoms with E-state index >= 15 is 0 Å². The first-order chi connectivity index (χ1) is 10.8. The van der Waals surface area contributed by atoms with Gasteiger partial charge in [-0.1, -0.05) is 17.7 Å². The molecule has 0 unspecified atom stereocenters. The third-order valence-corrected chi connectivity index (χ3v) is 4.27. The normalized spacial score (nSPS) is 11.1. The molecule has 2 aromatic rings. The lowest BCUT2D eigenvalue weighted by atomic mass is 10.3. The van der Waals surface area contributed by atoms with Gasteiger partial charge in [0.05, 0.1) is 10.6 Å². The van der Waals surface area contributed by atoms with Crippen molar-refractivity contribution in [2.45, 2.75) is 4.90 Å². The van der Waals surface area contributed by atoms with Gasteiger partial charge in [-0.15, -0.1) is 0 Å². The molecule has 6 nitrogen and oxygen atoms in total. The van der Waals surface area contributed by atoms with E-state index in [2.05, 4.69) is 10.0 Å². The molecule has 0 heterocycles. The Balaban J connectivity index is 2.27. The van der Waals surface area contributed by atoms with Crippen LogP contribution >= 0.6 is 11.6 Å². The molecule has 0 aliphatic rings. The summed E-state index contributed by atoms with van der Waals surface area (Å²) < 4.78 is 40.0. The Bertz CT molecular complexity index is 822. The molecular formula is C14H12ClFN2O4S. The minimum Gasteiger partial charge on any atom is -0.387 e. The van der Waals surface area contributed by atoms with Gasteiger partial charge in [-0.2, -0.15) is 0 Å². The summed E-state index contributed by atoms with van der Waals surface area (Å²) in [7, 11) is -4.05. The van der Waals surface area contributed by atoms with Crippen LogP contribution < -0.4 is 10.0 Å². The summed E-state index contributed by atoms with van der Waals surface area (Å²) in [4.78, 5) is 10.8. The molecule has 0 saturated heterocycles. The average Bonchev–Trinajstić information content (AvgIpc) is 2.46. The minimum atomic E-state index is -4.05. The molecule has 2 rings (SSSR count). The van der Waals surface area contributed by atoms with Crippen LogP contribution in [0.25, 0.3) is 0 Å². The molecule has 0 aromatic heterocycles. The van der Waals surface area contributed by atoms with Gasteiger partial charge in [-0.3, -0.25) is 9.52 Å². The SMILES string of the molecule is O=C(CO)Nc1cccc(NS(=O)(=O)c2cc(F)cc(Cl)c2)c1. The number of carbonyl (C=O) groups is 1. The summed E-state index contributed by atoms with van der Waals surface area (Å²) in [5.41, 5.74) is 0.447. The highest BCUT2D eigenvalue weighted by Crippen LogP contribution is 2.22. The zero-order chi connectivity index (χ0) is 17.0. The van der Waals surface area contributed by atoms with E-state index in [1.807, 2.05) is 0 Å². The van der Waals surface area contributed by atoms with E-state index in [1.165, 1.54) is 24.3 Å². The second-order valence-corrected chi connectivity index (χ2v) is 6.62. The van der Waals surface area contributed by atoms with Crippen molar-refractivity contribution in [1.29, 1.82) is 0 Å². The zero-order valence-electron chi connectivity index (χ0n) is 11.6. The van der Waals surface area contributed by atoms with Gasteiger partial charge in [0.1, 0.15) is 12.4 Å². The predicted molar refractivity (Wildman–Crippen MR) is 84.4 cm³/mol. The highest BCUT2D eigenvalue weighted by Gasteiger charge is 2.16. The van der Waals surface area contributed by atoms with Crippen molar-refractivity contribution >= 4 is 38.9 Å². The van der Waals surface area contributed by atoms with Crippen molar-refractivity contribution in [3.05, 3.63) is 53.3 Å². The second kappa shape index (κ2) is 6.95. The van der Waals surface area contributed by atoms with Crippen molar-refractivity contribution in [3.63, 3.8) is 0 Å². The number of carbonyl (C=O) groups excluding carboxylic acids is 1. The number of halogens is 2. The van der Waals surface area contributed by atoms with Crippen LogP contribution in [0.4, 0.5) is 15.8 Å². The topological polar surface area (TPSA) is 95.5 Å². The zero-order valence-corrected chi connectivity index (χ0v) is 13.2. The number of anilines is 2. The van der Waals surface area contributed by atoms with Gasteiger partial charge in [0.25, 0.3) is 10.0 Å². The second-order valence-electron chi connectivity index (χ2n) is 4.50. The summed E-state index contributed by atoms with van der Waals surface area (Å²) in [5, 5.41) is 11.0. The van der Waals surface area contributed by atoms with Gasteiger partial charge in [-0.25, -0.2) is 12.8 Å². The quantitative estimate of drug-likeness (QED) is 0.763. The molecule has 0 aliphatic heterocycles. The van der Waals surface area contributed by atoms with E-state index in [-0.39, 0.29) is 15.6 Å². The van der Waals surface area contributed by atoms with Gasteiger partial charge in [0, 0.05) is 10.7 Å². The average molecular weight is 359 g/mol. The van der Waals surface area contributed by atoms with Crippen LogP contribution in [0.1, 0.15) is 0 Å². The summed E-state index contributed by atoms with van der Waals surface area (Å²) in [6.45, 7) is -0.697. The Morgan fingerprint density at radius 1 is 1.17 bits per heavy atom. The maximum absolute atomic E-state index is 13.3. The van der Waals surface area contributed by atoms with Gasteiger partial charge in [-0.05, 0) is 36.4 Å². The lowest BCUT2D eigenvalue weighted by Gasteiger charge is -2.10. The smallest absolute Gasteiger partial charge is 0.262 e. The molecule has 0 saturated carbocycles. The monoisotopic (exact) mass is 358 g/mol. The Labute approximate surface area is 137 Å². The lowest BCUT2D eigenvalue weighted by molar-refractivity contribution is -0.118. The number of benzene rings is 2. The molecule has 0 spiro atoms. The highest BCUT2D eigenvalue weighted by atomic mass is 35.5. The van der Waals surface area contributed by atoms with Gasteiger partial charge < -0.3 is 10.4 Å². The molecule has 0 atom stereocenters. The number of nitrogens with one attached hydrogen (secondary N) is 2. The van der Waals surface area contributed by atoms with Gasteiger partial charge in [0.15, 0.2) is 0 Å². The molecule has 2 aromatic carbocycles. The number of hydrogen-bond acceptors (Lipinski definition) is 4. The first-order valence-corrected chi connectivity index (χ1v) is 8.16. The summed E-state index contributed by atoms with van der Waals surface area (Å²) in [6.07, 6.45) is 0. The van der Waals surface area contributed by atoms with E-state index in [9.17, 15) is 17.6 Å². The number of aliphatic hydroxyl groups is 1. The minimum absolute atomic E-state index is 0.0469. The summed E-state index contributed by atoms with van der Waals surface area (Å²) in [5.74, 6) is -1.41. The van der Waals surface area contributed by atoms with E-state index in [0.717, 1.165) is 18.2 Å². The molecule has 23 heavy (non-hydrogen) atoms. The Kier molecular flexibility index (Phi) is 5.19. The molecule has 9 heteroatoms. The van der Waals surface area contributed by atoms with Crippen molar-refractivity contribution in [2.75, 3.05) is 16.6 Å². The maximum Gasteiger partial charge on any atom is 0.262 e. The number of aliphatic hydroxyl groups excluding tert-OH is 1. The molecule has 1 amide bonds. The predicted octanol–water partition coefficient (Wildman–Crippen LogP) is 2.21. The van der Waals surface area contributed by atoms with Crippen LogP contribution in [0.15, 0.2) is 47.4 Å². The van der Waals surface area contributed by atoms with Crippen LogP contribution in [0, 0.1) is 5.82 Å². The molecule has 0 radical (unpaired) electrons. The Morgan fingerprint density at radius 3 is 2.52 bits per heavy atom. The van der Waals surface area contributed by atoms with Gasteiger partial charge >= 0.3 is 0 Å². The number of rotatable bonds is 5.